The van der Waals surface area contributed by atoms with Crippen LogP contribution in [0, 0.1) is 0 Å². The Morgan fingerprint density at radius 3 is 2.27 bits per heavy atom. The van der Waals surface area contributed by atoms with Gasteiger partial charge in [-0.05, 0) is 65.2 Å². The number of amides is 1. The molecule has 0 unspecified atom stereocenters. The zero-order valence-corrected chi connectivity index (χ0v) is 17.5. The molecule has 4 nitrogen and oxygen atoms in total. The van der Waals surface area contributed by atoms with E-state index < -0.39 is 0 Å². The van der Waals surface area contributed by atoms with Crippen LogP contribution in [0.15, 0.2) is 88.8 Å². The quantitative estimate of drug-likeness (QED) is 0.501. The first-order valence-corrected chi connectivity index (χ1v) is 10.7. The standard InChI is InChI=1S/C25H22N2O2S/c1-2-16-29-22-14-12-20(13-15-22)19-10-8-18(9-11-19)17-23-24(28)27-25(30-23)26-21-6-4-3-5-7-21/h3-15,17H,2,16H2,1H3,(H,26,27,28). The summed E-state index contributed by atoms with van der Waals surface area (Å²) < 4.78 is 5.64. The molecule has 0 aliphatic carbocycles. The molecule has 3 aromatic carbocycles. The molecule has 5 heteroatoms. The van der Waals surface area contributed by atoms with Gasteiger partial charge in [-0.1, -0.05) is 61.5 Å². The highest BCUT2D eigenvalue weighted by atomic mass is 32.2. The highest BCUT2D eigenvalue weighted by Crippen LogP contribution is 2.29. The van der Waals surface area contributed by atoms with Crippen LogP contribution in [-0.4, -0.2) is 17.7 Å². The van der Waals surface area contributed by atoms with Gasteiger partial charge < -0.3 is 10.1 Å². The van der Waals surface area contributed by atoms with Gasteiger partial charge in [-0.3, -0.25) is 4.79 Å². The van der Waals surface area contributed by atoms with Gasteiger partial charge in [-0.15, -0.1) is 0 Å². The molecular weight excluding hydrogens is 392 g/mol. The number of hydrogen-bond donors (Lipinski definition) is 1. The van der Waals surface area contributed by atoms with Crippen LogP contribution in [-0.2, 0) is 4.79 Å². The molecule has 1 fully saturated rings. The zero-order chi connectivity index (χ0) is 20.8. The van der Waals surface area contributed by atoms with Gasteiger partial charge in [0.1, 0.15) is 5.75 Å². The molecule has 0 radical (unpaired) electrons. The highest BCUT2D eigenvalue weighted by Gasteiger charge is 2.23. The van der Waals surface area contributed by atoms with Gasteiger partial charge in [0, 0.05) is 0 Å². The van der Waals surface area contributed by atoms with Crippen molar-refractivity contribution in [1.29, 1.82) is 0 Å². The van der Waals surface area contributed by atoms with Crippen LogP contribution < -0.4 is 10.1 Å². The predicted octanol–water partition coefficient (Wildman–Crippen LogP) is 6.03. The summed E-state index contributed by atoms with van der Waals surface area (Å²) in [6.45, 7) is 2.82. The molecule has 3 aromatic rings. The molecule has 1 heterocycles. The molecule has 1 N–H and O–H groups in total. The second-order valence-electron chi connectivity index (χ2n) is 6.81. The van der Waals surface area contributed by atoms with Crippen molar-refractivity contribution in [3.63, 3.8) is 0 Å². The Kier molecular flexibility index (Phi) is 6.30. The van der Waals surface area contributed by atoms with E-state index in [1.165, 1.54) is 11.8 Å². The summed E-state index contributed by atoms with van der Waals surface area (Å²) in [7, 11) is 0. The Hall–Kier alpha value is -3.31. The van der Waals surface area contributed by atoms with Gasteiger partial charge in [0.2, 0.25) is 0 Å². The zero-order valence-electron chi connectivity index (χ0n) is 16.7. The lowest BCUT2D eigenvalue weighted by Gasteiger charge is -2.06. The van der Waals surface area contributed by atoms with Crippen LogP contribution in [0.3, 0.4) is 0 Å². The van der Waals surface area contributed by atoms with E-state index in [1.54, 1.807) is 0 Å². The SMILES string of the molecule is CCCOc1ccc(-c2ccc(C=C3SC(=Nc4ccccc4)NC3=O)cc2)cc1. The molecule has 1 aliphatic rings. The van der Waals surface area contributed by atoms with Crippen molar-refractivity contribution >= 4 is 34.6 Å². The van der Waals surface area contributed by atoms with E-state index in [1.807, 2.05) is 60.7 Å². The van der Waals surface area contributed by atoms with Crippen molar-refractivity contribution in [2.45, 2.75) is 13.3 Å². The van der Waals surface area contributed by atoms with Gasteiger partial charge in [-0.25, -0.2) is 4.99 Å². The minimum atomic E-state index is -0.124. The van der Waals surface area contributed by atoms with Crippen molar-refractivity contribution in [1.82, 2.24) is 5.32 Å². The summed E-state index contributed by atoms with van der Waals surface area (Å²) in [5.41, 5.74) is 4.04. The summed E-state index contributed by atoms with van der Waals surface area (Å²) >= 11 is 1.35. The summed E-state index contributed by atoms with van der Waals surface area (Å²) in [5.74, 6) is 0.764. The number of nitrogens with zero attached hydrogens (tertiary/aromatic N) is 1. The van der Waals surface area contributed by atoms with E-state index in [0.29, 0.717) is 10.1 Å². The molecule has 150 valence electrons. The third-order valence-electron chi connectivity index (χ3n) is 4.51. The Bertz CT molecular complexity index is 1070. The van der Waals surface area contributed by atoms with Crippen molar-refractivity contribution in [3.8, 4) is 16.9 Å². The number of para-hydroxylation sites is 1. The molecule has 4 rings (SSSR count). The fourth-order valence-electron chi connectivity index (χ4n) is 2.99. The Morgan fingerprint density at radius 1 is 0.933 bits per heavy atom. The van der Waals surface area contributed by atoms with E-state index in [4.69, 9.17) is 4.74 Å². The van der Waals surface area contributed by atoms with Gasteiger partial charge in [0.15, 0.2) is 5.17 Å². The van der Waals surface area contributed by atoms with Crippen LogP contribution in [0.5, 0.6) is 5.75 Å². The molecule has 0 saturated carbocycles. The van der Waals surface area contributed by atoms with E-state index in [0.717, 1.165) is 41.2 Å². The highest BCUT2D eigenvalue weighted by molar-refractivity contribution is 8.18. The number of amidine groups is 1. The smallest absolute Gasteiger partial charge is 0.264 e. The fraction of sp³-hybridized carbons (Fsp3) is 0.120. The number of hydrogen-bond acceptors (Lipinski definition) is 4. The number of nitrogens with one attached hydrogen (secondary N) is 1. The summed E-state index contributed by atoms with van der Waals surface area (Å²) in [4.78, 5) is 17.4. The lowest BCUT2D eigenvalue weighted by molar-refractivity contribution is -0.115. The number of aliphatic imine (C=N–C) groups is 1. The van der Waals surface area contributed by atoms with Crippen LogP contribution in [0.4, 0.5) is 5.69 Å². The molecule has 0 aromatic heterocycles. The van der Waals surface area contributed by atoms with Crippen LogP contribution in [0.2, 0.25) is 0 Å². The Balaban J connectivity index is 1.46. The van der Waals surface area contributed by atoms with Gasteiger partial charge in [-0.2, -0.15) is 0 Å². The first-order chi connectivity index (χ1) is 14.7. The minimum absolute atomic E-state index is 0.124. The third-order valence-corrected chi connectivity index (χ3v) is 5.42. The maximum atomic E-state index is 12.3. The van der Waals surface area contributed by atoms with Crippen LogP contribution >= 0.6 is 11.8 Å². The monoisotopic (exact) mass is 414 g/mol. The topological polar surface area (TPSA) is 50.7 Å². The number of rotatable bonds is 6. The molecule has 0 atom stereocenters. The molecule has 1 saturated heterocycles. The second kappa shape index (κ2) is 9.46. The van der Waals surface area contributed by atoms with E-state index in [9.17, 15) is 4.79 Å². The predicted molar refractivity (Wildman–Crippen MR) is 125 cm³/mol. The minimum Gasteiger partial charge on any atom is -0.494 e. The lowest BCUT2D eigenvalue weighted by Crippen LogP contribution is -2.19. The van der Waals surface area contributed by atoms with Crippen molar-refractivity contribution in [2.24, 2.45) is 4.99 Å². The lowest BCUT2D eigenvalue weighted by atomic mass is 10.0. The second-order valence-corrected chi connectivity index (χ2v) is 7.84. The number of thioether (sulfide) groups is 1. The molecule has 1 aliphatic heterocycles. The number of carbonyl (C=O) groups excluding carboxylic acids is 1. The molecule has 30 heavy (non-hydrogen) atoms. The first kappa shape index (κ1) is 20.0. The average Bonchev–Trinajstić information content (AvgIpc) is 3.12. The van der Waals surface area contributed by atoms with Gasteiger partial charge in [0.25, 0.3) is 5.91 Å². The van der Waals surface area contributed by atoms with Gasteiger partial charge >= 0.3 is 0 Å². The average molecular weight is 415 g/mol. The fourth-order valence-corrected chi connectivity index (χ4v) is 3.83. The Morgan fingerprint density at radius 2 is 1.60 bits per heavy atom. The normalized spacial score (nSPS) is 16.1. The molecule has 0 bridgehead atoms. The van der Waals surface area contributed by atoms with E-state index >= 15 is 0 Å². The molecular formula is C25H22N2O2S. The van der Waals surface area contributed by atoms with Crippen LogP contribution in [0.1, 0.15) is 18.9 Å². The van der Waals surface area contributed by atoms with Crippen molar-refractivity contribution in [3.05, 3.63) is 89.3 Å². The first-order valence-electron chi connectivity index (χ1n) is 9.89. The molecule has 1 amide bonds. The van der Waals surface area contributed by atoms with E-state index in [2.05, 4.69) is 41.5 Å². The van der Waals surface area contributed by atoms with Crippen molar-refractivity contribution in [2.75, 3.05) is 6.61 Å². The maximum Gasteiger partial charge on any atom is 0.264 e. The van der Waals surface area contributed by atoms with Crippen molar-refractivity contribution < 1.29 is 9.53 Å². The maximum absolute atomic E-state index is 12.3. The summed E-state index contributed by atoms with van der Waals surface area (Å²) in [5, 5.41) is 3.42. The summed E-state index contributed by atoms with van der Waals surface area (Å²) in [6.07, 6.45) is 2.88. The van der Waals surface area contributed by atoms with Gasteiger partial charge in [0.05, 0.1) is 17.2 Å². The number of carbonyl (C=O) groups is 1. The number of ether oxygens (including phenoxy) is 1. The van der Waals surface area contributed by atoms with E-state index in [-0.39, 0.29) is 5.91 Å². The third kappa shape index (κ3) is 4.99. The number of benzene rings is 3. The van der Waals surface area contributed by atoms with Crippen LogP contribution in [0.25, 0.3) is 17.2 Å². The largest absolute Gasteiger partial charge is 0.494 e. The Labute approximate surface area is 180 Å². The molecule has 0 spiro atoms. The summed E-state index contributed by atoms with van der Waals surface area (Å²) in [6, 6.07) is 25.9.